The lowest BCUT2D eigenvalue weighted by molar-refractivity contribution is -0.138. The summed E-state index contributed by atoms with van der Waals surface area (Å²) in [5.41, 5.74) is 1.48. The van der Waals surface area contributed by atoms with Crippen LogP contribution in [0, 0.1) is 31.5 Å². The van der Waals surface area contributed by atoms with Gasteiger partial charge in [-0.25, -0.2) is 4.39 Å². The van der Waals surface area contributed by atoms with Gasteiger partial charge in [0.15, 0.2) is 0 Å². The van der Waals surface area contributed by atoms with Gasteiger partial charge in [0.05, 0.1) is 23.1 Å². The molecule has 3 aliphatic rings. The number of piperidine rings is 1. The quantitative estimate of drug-likeness (QED) is 0.271. The molecule has 5 nitrogen and oxygen atoms in total. The fourth-order valence-corrected chi connectivity index (χ4v) is 7.79. The predicted octanol–water partition coefficient (Wildman–Crippen LogP) is 8.83. The summed E-state index contributed by atoms with van der Waals surface area (Å²) in [6.07, 6.45) is 2.92. The normalized spacial score (nSPS) is 23.6. The number of likely N-dealkylation sites (tertiary alicyclic amines) is 1. The van der Waals surface area contributed by atoms with Gasteiger partial charge in [-0.2, -0.15) is 13.2 Å². The Bertz CT molecular complexity index is 1550. The number of hydrogen-bond donors (Lipinski definition) is 2. The number of amides is 2. The number of benzene rings is 3. The Morgan fingerprint density at radius 1 is 0.844 bits per heavy atom. The van der Waals surface area contributed by atoms with Crippen molar-refractivity contribution in [3.05, 3.63) is 94.3 Å². The van der Waals surface area contributed by atoms with E-state index in [9.17, 15) is 22.8 Å². The number of halogens is 4. The number of rotatable bonds is 6. The van der Waals surface area contributed by atoms with E-state index in [2.05, 4.69) is 10.6 Å². The lowest BCUT2D eigenvalue weighted by Gasteiger charge is -2.48. The Kier molecular flexibility index (Phi) is 8.63. The number of alkyl halides is 3. The maximum Gasteiger partial charge on any atom is 0.416 e. The standard InChI is InChI=1S/C36H39F4N3O2/c1-21-13-16-27(20-29(21)36(38,39)40)42-34(44)28-19-24-8-6-12-31(24)43(35(45)32-22(2)7-5-11-30(32)37)33(28)23-14-17-26(18-15-23)41-25-9-3-4-10-25/h5,7,11,13-18,20,24-25,28,31,33,41H,3-4,6,8-10,12,19H2,1-2H3,(H,42,44)/t24?,28?,31?,33-/m1/s1. The molecule has 0 aromatic heterocycles. The van der Waals surface area contributed by atoms with E-state index in [1.54, 1.807) is 24.0 Å². The molecule has 0 radical (unpaired) electrons. The zero-order valence-corrected chi connectivity index (χ0v) is 25.6. The second kappa shape index (κ2) is 12.5. The van der Waals surface area contributed by atoms with Crippen LogP contribution >= 0.6 is 0 Å². The van der Waals surface area contributed by atoms with Gasteiger partial charge in [0.2, 0.25) is 5.91 Å². The van der Waals surface area contributed by atoms with E-state index in [0.717, 1.165) is 49.4 Å². The molecule has 3 fully saturated rings. The Morgan fingerprint density at radius 3 is 2.24 bits per heavy atom. The molecule has 45 heavy (non-hydrogen) atoms. The number of carbonyl (C=O) groups is 2. The van der Waals surface area contributed by atoms with E-state index in [-0.39, 0.29) is 28.8 Å². The maximum absolute atomic E-state index is 15.3. The SMILES string of the molecule is Cc1ccc(NC(=O)C2CC3CCCC3N(C(=O)c3c(C)cccc3F)[C@@H]2c2ccc(NC3CCCC3)cc2)cc1C(F)(F)F. The van der Waals surface area contributed by atoms with Crippen LogP contribution in [0.1, 0.15) is 90.0 Å². The molecular formula is C36H39F4N3O2. The van der Waals surface area contributed by atoms with Gasteiger partial charge in [-0.15, -0.1) is 0 Å². The summed E-state index contributed by atoms with van der Waals surface area (Å²) in [6, 6.07) is 15.5. The van der Waals surface area contributed by atoms with E-state index in [4.69, 9.17) is 0 Å². The van der Waals surface area contributed by atoms with Gasteiger partial charge in [0.1, 0.15) is 5.82 Å². The fourth-order valence-electron chi connectivity index (χ4n) is 7.79. The molecule has 2 amide bonds. The summed E-state index contributed by atoms with van der Waals surface area (Å²) in [7, 11) is 0. The lowest BCUT2D eigenvalue weighted by Crippen LogP contribution is -2.54. The topological polar surface area (TPSA) is 61.4 Å². The number of hydrogen-bond acceptors (Lipinski definition) is 3. The molecule has 2 N–H and O–H groups in total. The predicted molar refractivity (Wildman–Crippen MR) is 166 cm³/mol. The summed E-state index contributed by atoms with van der Waals surface area (Å²) in [4.78, 5) is 30.2. The number of anilines is 2. The number of nitrogens with zero attached hydrogens (tertiary/aromatic N) is 1. The van der Waals surface area contributed by atoms with E-state index in [1.807, 2.05) is 24.3 Å². The molecule has 1 heterocycles. The second-order valence-corrected chi connectivity index (χ2v) is 13.0. The molecule has 6 rings (SSSR count). The Balaban J connectivity index is 1.39. The minimum Gasteiger partial charge on any atom is -0.382 e. The van der Waals surface area contributed by atoms with Gasteiger partial charge in [0.25, 0.3) is 5.91 Å². The molecule has 9 heteroatoms. The number of aryl methyl sites for hydroxylation is 2. The molecule has 2 saturated carbocycles. The number of nitrogens with one attached hydrogen (secondary N) is 2. The van der Waals surface area contributed by atoms with Crippen molar-refractivity contribution in [3.8, 4) is 0 Å². The van der Waals surface area contributed by atoms with Gasteiger partial charge in [-0.05, 0) is 98.9 Å². The highest BCUT2D eigenvalue weighted by atomic mass is 19.4. The first-order chi connectivity index (χ1) is 21.5. The van der Waals surface area contributed by atoms with Crippen LogP contribution in [0.3, 0.4) is 0 Å². The molecule has 3 unspecified atom stereocenters. The van der Waals surface area contributed by atoms with Gasteiger partial charge >= 0.3 is 6.18 Å². The van der Waals surface area contributed by atoms with Gasteiger partial charge in [0, 0.05) is 23.5 Å². The van der Waals surface area contributed by atoms with Crippen molar-refractivity contribution in [2.24, 2.45) is 11.8 Å². The third-order valence-electron chi connectivity index (χ3n) is 10.0. The van der Waals surface area contributed by atoms with Crippen LogP contribution in [-0.2, 0) is 11.0 Å². The minimum atomic E-state index is -4.57. The fraction of sp³-hybridized carbons (Fsp3) is 0.444. The molecule has 238 valence electrons. The van der Waals surface area contributed by atoms with Gasteiger partial charge in [-0.3, -0.25) is 9.59 Å². The van der Waals surface area contributed by atoms with E-state index >= 15 is 4.39 Å². The van der Waals surface area contributed by atoms with Crippen molar-refractivity contribution in [1.29, 1.82) is 0 Å². The second-order valence-electron chi connectivity index (χ2n) is 13.0. The van der Waals surface area contributed by atoms with Crippen molar-refractivity contribution in [2.75, 3.05) is 10.6 Å². The summed E-state index contributed by atoms with van der Waals surface area (Å²) in [6.45, 7) is 3.08. The zero-order chi connectivity index (χ0) is 31.9. The van der Waals surface area contributed by atoms with Crippen LogP contribution in [-0.4, -0.2) is 28.8 Å². The maximum atomic E-state index is 15.3. The monoisotopic (exact) mass is 621 g/mol. The first-order valence-electron chi connectivity index (χ1n) is 15.9. The summed E-state index contributed by atoms with van der Waals surface area (Å²) >= 11 is 0. The first kappa shape index (κ1) is 31.1. The number of carbonyl (C=O) groups excluding carboxylic acids is 2. The Hall–Kier alpha value is -3.88. The van der Waals surface area contributed by atoms with E-state index in [0.29, 0.717) is 18.0 Å². The third-order valence-corrected chi connectivity index (χ3v) is 10.0. The average Bonchev–Trinajstić information content (AvgIpc) is 3.69. The van der Waals surface area contributed by atoms with Crippen molar-refractivity contribution in [2.45, 2.75) is 89.5 Å². The molecule has 0 bridgehead atoms. The number of fused-ring (bicyclic) bond motifs is 1. The smallest absolute Gasteiger partial charge is 0.382 e. The van der Waals surface area contributed by atoms with Crippen LogP contribution in [0.4, 0.5) is 28.9 Å². The minimum absolute atomic E-state index is 0.0120. The summed E-state index contributed by atoms with van der Waals surface area (Å²) in [5.74, 6) is -2.29. The highest BCUT2D eigenvalue weighted by molar-refractivity contribution is 5.98. The Labute approximate surface area is 261 Å². The van der Waals surface area contributed by atoms with E-state index in [1.165, 1.54) is 38.0 Å². The average molecular weight is 622 g/mol. The first-order valence-corrected chi connectivity index (χ1v) is 15.9. The third kappa shape index (κ3) is 6.31. The van der Waals surface area contributed by atoms with Crippen LogP contribution in [0.25, 0.3) is 0 Å². The van der Waals surface area contributed by atoms with Gasteiger partial charge < -0.3 is 15.5 Å². The molecular weight excluding hydrogens is 582 g/mol. The molecule has 1 saturated heterocycles. The zero-order valence-electron chi connectivity index (χ0n) is 25.6. The molecule has 3 aromatic rings. The summed E-state index contributed by atoms with van der Waals surface area (Å²) in [5, 5.41) is 6.32. The highest BCUT2D eigenvalue weighted by Gasteiger charge is 2.50. The molecule has 2 aliphatic carbocycles. The van der Waals surface area contributed by atoms with Gasteiger partial charge in [-0.1, -0.05) is 49.6 Å². The molecule has 1 aliphatic heterocycles. The Morgan fingerprint density at radius 2 is 1.56 bits per heavy atom. The molecule has 4 atom stereocenters. The van der Waals surface area contributed by atoms with Crippen molar-refractivity contribution >= 4 is 23.2 Å². The van der Waals surface area contributed by atoms with Crippen LogP contribution < -0.4 is 10.6 Å². The van der Waals surface area contributed by atoms with Crippen molar-refractivity contribution < 1.29 is 27.2 Å². The molecule has 0 spiro atoms. The molecule has 3 aromatic carbocycles. The van der Waals surface area contributed by atoms with Crippen LogP contribution in [0.5, 0.6) is 0 Å². The lowest BCUT2D eigenvalue weighted by atomic mass is 9.76. The van der Waals surface area contributed by atoms with Crippen molar-refractivity contribution in [1.82, 2.24) is 4.90 Å². The highest BCUT2D eigenvalue weighted by Crippen LogP contribution is 2.49. The van der Waals surface area contributed by atoms with Crippen molar-refractivity contribution in [3.63, 3.8) is 0 Å². The van der Waals surface area contributed by atoms with Crippen LogP contribution in [0.15, 0.2) is 60.7 Å². The largest absolute Gasteiger partial charge is 0.416 e. The van der Waals surface area contributed by atoms with Crippen LogP contribution in [0.2, 0.25) is 0 Å². The summed E-state index contributed by atoms with van der Waals surface area (Å²) < 4.78 is 56.3. The van der Waals surface area contributed by atoms with E-state index < -0.39 is 41.3 Å².